The summed E-state index contributed by atoms with van der Waals surface area (Å²) in [4.78, 5) is 3.41. The quantitative estimate of drug-likeness (QED) is 0.696. The maximum atomic E-state index is 13.5. The first-order chi connectivity index (χ1) is 13.1. The van der Waals surface area contributed by atoms with Crippen molar-refractivity contribution in [3.63, 3.8) is 0 Å². The number of hydrogen-bond acceptors (Lipinski definition) is 5. The fourth-order valence-electron chi connectivity index (χ4n) is 2.82. The van der Waals surface area contributed by atoms with Gasteiger partial charge in [-0.25, -0.2) is 17.8 Å². The fourth-order valence-corrected chi connectivity index (χ4v) is 4.48. The van der Waals surface area contributed by atoms with Gasteiger partial charge in [0.2, 0.25) is 15.9 Å². The van der Waals surface area contributed by atoms with Gasteiger partial charge in [0.15, 0.2) is 0 Å². The molecule has 1 atom stereocenters. The number of alkyl halides is 3. The number of hydrogen-bond donors (Lipinski definition) is 0. The summed E-state index contributed by atoms with van der Waals surface area (Å²) in [6, 6.07) is 4.71. The Bertz CT molecular complexity index is 966. The summed E-state index contributed by atoms with van der Waals surface area (Å²) in [6.45, 7) is -0.0500. The Morgan fingerprint density at radius 1 is 1.21 bits per heavy atom. The molecule has 28 heavy (non-hydrogen) atoms. The van der Waals surface area contributed by atoms with Crippen molar-refractivity contribution in [2.75, 3.05) is 20.2 Å². The molecule has 1 saturated heterocycles. The van der Waals surface area contributed by atoms with E-state index in [2.05, 4.69) is 4.98 Å². The van der Waals surface area contributed by atoms with Crippen molar-refractivity contribution in [3.05, 3.63) is 47.9 Å². The SMILES string of the molecule is COc1ccc(F)cc1S(=O)(=O)N1CC[C@H](Oc2cc(C(F)(F)F)ccn2)C1. The van der Waals surface area contributed by atoms with Crippen molar-refractivity contribution in [1.82, 2.24) is 9.29 Å². The highest BCUT2D eigenvalue weighted by molar-refractivity contribution is 7.89. The van der Waals surface area contributed by atoms with E-state index in [1.165, 1.54) is 13.2 Å². The lowest BCUT2D eigenvalue weighted by molar-refractivity contribution is -0.137. The van der Waals surface area contributed by atoms with Gasteiger partial charge in [0.25, 0.3) is 0 Å². The van der Waals surface area contributed by atoms with E-state index in [0.29, 0.717) is 0 Å². The van der Waals surface area contributed by atoms with Gasteiger partial charge in [0.1, 0.15) is 22.6 Å². The van der Waals surface area contributed by atoms with E-state index in [4.69, 9.17) is 9.47 Å². The number of aromatic nitrogens is 1. The van der Waals surface area contributed by atoms with Crippen LogP contribution in [0, 0.1) is 5.82 Å². The molecule has 1 aliphatic heterocycles. The zero-order chi connectivity index (χ0) is 20.5. The van der Waals surface area contributed by atoms with Crippen molar-refractivity contribution in [2.24, 2.45) is 0 Å². The molecule has 1 fully saturated rings. The van der Waals surface area contributed by atoms with Gasteiger partial charge >= 0.3 is 6.18 Å². The van der Waals surface area contributed by atoms with Crippen LogP contribution in [0.3, 0.4) is 0 Å². The third kappa shape index (κ3) is 4.20. The van der Waals surface area contributed by atoms with Crippen molar-refractivity contribution in [1.29, 1.82) is 0 Å². The van der Waals surface area contributed by atoms with E-state index in [-0.39, 0.29) is 36.0 Å². The van der Waals surface area contributed by atoms with Gasteiger partial charge in [-0.15, -0.1) is 0 Å². The molecule has 0 bridgehead atoms. The molecule has 0 aliphatic carbocycles. The van der Waals surface area contributed by atoms with E-state index >= 15 is 0 Å². The molecule has 0 radical (unpaired) electrons. The highest BCUT2D eigenvalue weighted by Crippen LogP contribution is 2.32. The molecule has 3 rings (SSSR count). The number of halogens is 4. The fraction of sp³-hybridized carbons (Fsp3) is 0.353. The summed E-state index contributed by atoms with van der Waals surface area (Å²) in [5.74, 6) is -0.993. The predicted molar refractivity (Wildman–Crippen MR) is 90.0 cm³/mol. The smallest absolute Gasteiger partial charge is 0.416 e. The number of sulfonamides is 1. The second kappa shape index (κ2) is 7.55. The van der Waals surface area contributed by atoms with Crippen LogP contribution in [0.2, 0.25) is 0 Å². The lowest BCUT2D eigenvalue weighted by Gasteiger charge is -2.19. The molecule has 6 nitrogen and oxygen atoms in total. The minimum absolute atomic E-state index is 0.00897. The molecule has 1 aromatic carbocycles. The highest BCUT2D eigenvalue weighted by atomic mass is 32.2. The third-order valence-electron chi connectivity index (χ3n) is 4.20. The number of pyridine rings is 1. The molecule has 2 heterocycles. The largest absolute Gasteiger partial charge is 0.495 e. The van der Waals surface area contributed by atoms with Gasteiger partial charge in [0, 0.05) is 18.8 Å². The first kappa shape index (κ1) is 20.3. The second-order valence-corrected chi connectivity index (χ2v) is 7.97. The molecular weight excluding hydrogens is 404 g/mol. The van der Waals surface area contributed by atoms with Crippen LogP contribution in [-0.4, -0.2) is 44.0 Å². The summed E-state index contributed by atoms with van der Waals surface area (Å²) in [7, 11) is -2.81. The molecule has 2 aromatic rings. The number of ether oxygens (including phenoxy) is 2. The molecule has 1 aliphatic rings. The molecule has 0 N–H and O–H groups in total. The predicted octanol–water partition coefficient (Wildman–Crippen LogP) is 3.09. The zero-order valence-electron chi connectivity index (χ0n) is 14.6. The highest BCUT2D eigenvalue weighted by Gasteiger charge is 2.36. The molecule has 0 unspecified atom stereocenters. The maximum Gasteiger partial charge on any atom is 0.416 e. The maximum absolute atomic E-state index is 13.5. The standard InChI is InChI=1S/C17H16F4N2O4S/c1-26-14-3-2-12(18)9-15(14)28(24,25)23-7-5-13(10-23)27-16-8-11(4-6-22-16)17(19,20)21/h2-4,6,8-9,13H,5,7,10H2,1H3/t13-/m0/s1. The zero-order valence-corrected chi connectivity index (χ0v) is 15.4. The second-order valence-electron chi connectivity index (χ2n) is 6.07. The summed E-state index contributed by atoms with van der Waals surface area (Å²) in [5.41, 5.74) is -0.913. The average molecular weight is 420 g/mol. The first-order valence-electron chi connectivity index (χ1n) is 8.15. The Labute approximate surface area is 158 Å². The van der Waals surface area contributed by atoms with Crippen LogP contribution in [0.5, 0.6) is 11.6 Å². The van der Waals surface area contributed by atoms with E-state index < -0.39 is 33.7 Å². The Balaban J connectivity index is 1.76. The van der Waals surface area contributed by atoms with Crippen LogP contribution in [0.15, 0.2) is 41.4 Å². The monoisotopic (exact) mass is 420 g/mol. The molecule has 0 amide bonds. The van der Waals surface area contributed by atoms with Crippen molar-refractivity contribution in [2.45, 2.75) is 23.6 Å². The van der Waals surface area contributed by atoms with Crippen LogP contribution < -0.4 is 9.47 Å². The van der Waals surface area contributed by atoms with E-state index in [9.17, 15) is 26.0 Å². The van der Waals surface area contributed by atoms with Crippen LogP contribution in [0.25, 0.3) is 0 Å². The summed E-state index contributed by atoms with van der Waals surface area (Å²) in [6.07, 6.45) is -4.01. The minimum Gasteiger partial charge on any atom is -0.495 e. The Morgan fingerprint density at radius 3 is 2.64 bits per heavy atom. The van der Waals surface area contributed by atoms with Gasteiger partial charge in [-0.05, 0) is 30.7 Å². The van der Waals surface area contributed by atoms with Gasteiger partial charge in [-0.1, -0.05) is 0 Å². The van der Waals surface area contributed by atoms with Gasteiger partial charge in [0.05, 0.1) is 19.2 Å². The number of methoxy groups -OCH3 is 1. The molecule has 11 heteroatoms. The Hall–Kier alpha value is -2.40. The molecule has 0 saturated carbocycles. The summed E-state index contributed by atoms with van der Waals surface area (Å²) >= 11 is 0. The van der Waals surface area contributed by atoms with Crippen molar-refractivity contribution < 1.29 is 35.5 Å². The van der Waals surface area contributed by atoms with Crippen LogP contribution >= 0.6 is 0 Å². The number of rotatable bonds is 5. The molecular formula is C17H16F4N2O4S. The topological polar surface area (TPSA) is 68.7 Å². The van der Waals surface area contributed by atoms with Crippen LogP contribution in [0.1, 0.15) is 12.0 Å². The summed E-state index contributed by atoms with van der Waals surface area (Å²) in [5, 5.41) is 0. The van der Waals surface area contributed by atoms with E-state index in [0.717, 1.165) is 34.8 Å². The Kier molecular flexibility index (Phi) is 5.48. The van der Waals surface area contributed by atoms with Gasteiger partial charge < -0.3 is 9.47 Å². The normalized spacial score (nSPS) is 18.2. The number of nitrogens with zero attached hydrogens (tertiary/aromatic N) is 2. The number of benzene rings is 1. The third-order valence-corrected chi connectivity index (χ3v) is 6.09. The molecule has 152 valence electrons. The van der Waals surface area contributed by atoms with Crippen LogP contribution in [0.4, 0.5) is 17.6 Å². The van der Waals surface area contributed by atoms with E-state index in [1.807, 2.05) is 0 Å². The lowest BCUT2D eigenvalue weighted by Crippen LogP contribution is -2.31. The summed E-state index contributed by atoms with van der Waals surface area (Å²) < 4.78 is 89.0. The lowest BCUT2D eigenvalue weighted by atomic mass is 10.2. The van der Waals surface area contributed by atoms with Crippen LogP contribution in [-0.2, 0) is 16.2 Å². The van der Waals surface area contributed by atoms with Crippen molar-refractivity contribution >= 4 is 10.0 Å². The van der Waals surface area contributed by atoms with Gasteiger partial charge in [-0.2, -0.15) is 17.5 Å². The minimum atomic E-state index is -4.54. The van der Waals surface area contributed by atoms with Gasteiger partial charge in [-0.3, -0.25) is 0 Å². The molecule has 1 aromatic heterocycles. The van der Waals surface area contributed by atoms with E-state index in [1.54, 1.807) is 0 Å². The first-order valence-corrected chi connectivity index (χ1v) is 9.59. The molecule has 0 spiro atoms. The Morgan fingerprint density at radius 2 is 1.96 bits per heavy atom. The van der Waals surface area contributed by atoms with Crippen molar-refractivity contribution in [3.8, 4) is 11.6 Å². The average Bonchev–Trinajstić information content (AvgIpc) is 3.10.